The second kappa shape index (κ2) is 3.29. The summed E-state index contributed by atoms with van der Waals surface area (Å²) in [4.78, 5) is 23.8. The van der Waals surface area contributed by atoms with Crippen molar-refractivity contribution in [1.82, 2.24) is 10.0 Å². The van der Waals surface area contributed by atoms with Gasteiger partial charge in [-0.3, -0.25) is 14.6 Å². The molecule has 3 atom stereocenters. The Morgan fingerprint density at radius 2 is 2.00 bits per heavy atom. The first-order valence-corrected chi connectivity index (χ1v) is 6.22. The maximum Gasteiger partial charge on any atom is 0.238 e. The van der Waals surface area contributed by atoms with Gasteiger partial charge in [0.2, 0.25) is 5.91 Å². The average Bonchev–Trinajstić information content (AvgIpc) is 2.82. The van der Waals surface area contributed by atoms with Crippen molar-refractivity contribution < 1.29 is 9.59 Å². The van der Waals surface area contributed by atoms with Gasteiger partial charge in [0.15, 0.2) is 0 Å². The van der Waals surface area contributed by atoms with Gasteiger partial charge in [0.1, 0.15) is 5.78 Å². The fourth-order valence-electron chi connectivity index (χ4n) is 3.73. The summed E-state index contributed by atoms with van der Waals surface area (Å²) in [6.07, 6.45) is 2.16. The van der Waals surface area contributed by atoms with Crippen LogP contribution in [0.2, 0.25) is 0 Å². The molecule has 4 nitrogen and oxygen atoms in total. The maximum absolute atomic E-state index is 11.9. The minimum atomic E-state index is 0.0873. The minimum absolute atomic E-state index is 0.0873. The number of carbonyl (C=O) groups is 2. The highest BCUT2D eigenvalue weighted by molar-refractivity contribution is 5.88. The third-order valence-corrected chi connectivity index (χ3v) is 4.27. The lowest BCUT2D eigenvalue weighted by molar-refractivity contribution is -0.139. The lowest BCUT2D eigenvalue weighted by Crippen LogP contribution is -2.42. The van der Waals surface area contributed by atoms with Crippen LogP contribution in [0.4, 0.5) is 0 Å². The van der Waals surface area contributed by atoms with Gasteiger partial charge < -0.3 is 0 Å². The van der Waals surface area contributed by atoms with Crippen LogP contribution >= 0.6 is 0 Å². The molecule has 1 amide bonds. The minimum Gasteiger partial charge on any atom is -0.299 e. The zero-order valence-electron chi connectivity index (χ0n) is 9.85. The molecule has 4 heteroatoms. The molecule has 0 N–H and O–H groups in total. The first-order chi connectivity index (χ1) is 7.61. The predicted octanol–water partition coefficient (Wildman–Crippen LogP) is 0.822. The molecule has 0 radical (unpaired) electrons. The Hall–Kier alpha value is -0.900. The van der Waals surface area contributed by atoms with E-state index in [0.29, 0.717) is 24.5 Å². The molecule has 0 aromatic carbocycles. The summed E-state index contributed by atoms with van der Waals surface area (Å²) in [6.45, 7) is 5.11. The monoisotopic (exact) mass is 222 g/mol. The van der Waals surface area contributed by atoms with Crippen molar-refractivity contribution in [2.24, 2.45) is 11.8 Å². The molecule has 2 saturated heterocycles. The van der Waals surface area contributed by atoms with E-state index in [1.807, 2.05) is 5.01 Å². The number of hydrogen-bond acceptors (Lipinski definition) is 3. The summed E-state index contributed by atoms with van der Waals surface area (Å²) in [5.74, 6) is 1.11. The van der Waals surface area contributed by atoms with Crippen LogP contribution in [-0.4, -0.2) is 40.3 Å². The van der Waals surface area contributed by atoms with Crippen molar-refractivity contribution >= 4 is 11.7 Å². The number of hydrogen-bond donors (Lipinski definition) is 0. The molecular weight excluding hydrogens is 204 g/mol. The van der Waals surface area contributed by atoms with Gasteiger partial charge in [-0.05, 0) is 12.3 Å². The summed E-state index contributed by atoms with van der Waals surface area (Å²) >= 11 is 0. The van der Waals surface area contributed by atoms with E-state index in [9.17, 15) is 9.59 Å². The number of rotatable bonds is 1. The van der Waals surface area contributed by atoms with Crippen LogP contribution in [0.3, 0.4) is 0 Å². The summed E-state index contributed by atoms with van der Waals surface area (Å²) in [7, 11) is 0. The summed E-state index contributed by atoms with van der Waals surface area (Å²) in [5.41, 5.74) is 0. The van der Waals surface area contributed by atoms with E-state index in [2.05, 4.69) is 18.9 Å². The average molecular weight is 222 g/mol. The quantitative estimate of drug-likeness (QED) is 0.659. The van der Waals surface area contributed by atoms with Crippen LogP contribution in [0.5, 0.6) is 0 Å². The summed E-state index contributed by atoms with van der Waals surface area (Å²) in [6, 6.07) is 0.432. The SMILES string of the molecule is CC(C)[C@@H]1[C@H]2C(=O)CC[C@H]2N2C(=O)CCN12. The van der Waals surface area contributed by atoms with E-state index < -0.39 is 0 Å². The van der Waals surface area contributed by atoms with Gasteiger partial charge >= 0.3 is 0 Å². The summed E-state index contributed by atoms with van der Waals surface area (Å²) < 4.78 is 0. The van der Waals surface area contributed by atoms with E-state index in [-0.39, 0.29) is 23.9 Å². The Labute approximate surface area is 95.5 Å². The predicted molar refractivity (Wildman–Crippen MR) is 58.3 cm³/mol. The molecule has 0 unspecified atom stereocenters. The van der Waals surface area contributed by atoms with E-state index in [1.165, 1.54) is 0 Å². The number of Topliss-reactive ketones (excluding diaryl/α,β-unsaturated/α-hetero) is 1. The fraction of sp³-hybridized carbons (Fsp3) is 0.833. The third kappa shape index (κ3) is 1.14. The molecule has 0 bridgehead atoms. The number of amides is 1. The van der Waals surface area contributed by atoms with Crippen LogP contribution in [0.15, 0.2) is 0 Å². The molecule has 1 aliphatic carbocycles. The molecule has 0 aromatic heterocycles. The molecule has 88 valence electrons. The van der Waals surface area contributed by atoms with Crippen molar-refractivity contribution in [3.63, 3.8) is 0 Å². The van der Waals surface area contributed by atoms with Crippen LogP contribution in [0.1, 0.15) is 33.1 Å². The van der Waals surface area contributed by atoms with Gasteiger partial charge in [-0.2, -0.15) is 0 Å². The topological polar surface area (TPSA) is 40.6 Å². The van der Waals surface area contributed by atoms with Gasteiger partial charge in [-0.1, -0.05) is 13.8 Å². The zero-order valence-corrected chi connectivity index (χ0v) is 9.85. The Bertz CT molecular complexity index is 353. The first kappa shape index (κ1) is 10.3. The van der Waals surface area contributed by atoms with E-state index in [0.717, 1.165) is 13.0 Å². The Morgan fingerprint density at radius 1 is 1.25 bits per heavy atom. The van der Waals surface area contributed by atoms with E-state index in [1.54, 1.807) is 0 Å². The lowest BCUT2D eigenvalue weighted by Gasteiger charge is -2.29. The molecular formula is C12H18N2O2. The largest absolute Gasteiger partial charge is 0.299 e. The smallest absolute Gasteiger partial charge is 0.238 e. The fourth-order valence-corrected chi connectivity index (χ4v) is 3.73. The Balaban J connectivity index is 1.99. The molecule has 0 spiro atoms. The van der Waals surface area contributed by atoms with Crippen LogP contribution in [-0.2, 0) is 9.59 Å². The third-order valence-electron chi connectivity index (χ3n) is 4.27. The number of carbonyl (C=O) groups excluding carboxylic acids is 2. The Morgan fingerprint density at radius 3 is 2.69 bits per heavy atom. The summed E-state index contributed by atoms with van der Waals surface area (Å²) in [5, 5.41) is 4.07. The molecule has 3 aliphatic rings. The van der Waals surface area contributed by atoms with Crippen LogP contribution in [0.25, 0.3) is 0 Å². The van der Waals surface area contributed by atoms with Crippen molar-refractivity contribution in [3.8, 4) is 0 Å². The van der Waals surface area contributed by atoms with E-state index in [4.69, 9.17) is 0 Å². The second-order valence-electron chi connectivity index (χ2n) is 5.48. The highest BCUT2D eigenvalue weighted by Gasteiger charge is 2.57. The number of hydrazine groups is 1. The van der Waals surface area contributed by atoms with E-state index >= 15 is 0 Å². The standard InChI is InChI=1S/C12H18N2O2/c1-7(2)12-11-8(3-4-9(11)15)14-10(16)5-6-13(12)14/h7-8,11-12H,3-6H2,1-2H3/t8-,11-,12-/m1/s1. The van der Waals surface area contributed by atoms with Gasteiger partial charge in [0, 0.05) is 25.4 Å². The van der Waals surface area contributed by atoms with Gasteiger partial charge in [0.25, 0.3) is 0 Å². The molecule has 0 aromatic rings. The van der Waals surface area contributed by atoms with Crippen molar-refractivity contribution in [2.45, 2.75) is 45.2 Å². The van der Waals surface area contributed by atoms with Crippen LogP contribution in [0, 0.1) is 11.8 Å². The molecule has 2 heterocycles. The van der Waals surface area contributed by atoms with Crippen LogP contribution < -0.4 is 0 Å². The first-order valence-electron chi connectivity index (χ1n) is 6.22. The highest BCUT2D eigenvalue weighted by Crippen LogP contribution is 2.44. The van der Waals surface area contributed by atoms with Gasteiger partial charge in [-0.15, -0.1) is 0 Å². The maximum atomic E-state index is 11.9. The van der Waals surface area contributed by atoms with Crippen molar-refractivity contribution in [1.29, 1.82) is 0 Å². The number of nitrogens with zero attached hydrogens (tertiary/aromatic N) is 2. The molecule has 2 aliphatic heterocycles. The molecule has 1 saturated carbocycles. The van der Waals surface area contributed by atoms with Gasteiger partial charge in [0.05, 0.1) is 12.0 Å². The highest BCUT2D eigenvalue weighted by atomic mass is 16.2. The second-order valence-corrected chi connectivity index (χ2v) is 5.48. The van der Waals surface area contributed by atoms with Crippen molar-refractivity contribution in [2.75, 3.05) is 6.54 Å². The Kier molecular flexibility index (Phi) is 2.11. The zero-order chi connectivity index (χ0) is 11.4. The van der Waals surface area contributed by atoms with Crippen molar-refractivity contribution in [3.05, 3.63) is 0 Å². The lowest BCUT2D eigenvalue weighted by atomic mass is 9.87. The number of ketones is 1. The molecule has 3 rings (SSSR count). The normalized spacial score (nSPS) is 38.7. The van der Waals surface area contributed by atoms with Gasteiger partial charge in [-0.25, -0.2) is 5.01 Å². The molecule has 3 fully saturated rings. The number of fused-ring (bicyclic) bond motifs is 3. The molecule has 16 heavy (non-hydrogen) atoms.